The second-order valence-corrected chi connectivity index (χ2v) is 24.0. The summed E-state index contributed by atoms with van der Waals surface area (Å²) in [6.07, 6.45) is 2.38. The molecule has 0 atom stereocenters. The van der Waals surface area contributed by atoms with Crippen molar-refractivity contribution in [2.75, 3.05) is 9.71 Å². The quantitative estimate of drug-likeness (QED) is 0.160. The molecule has 0 saturated heterocycles. The molecule has 7 aromatic rings. The first-order valence-corrected chi connectivity index (χ1v) is 23.8. The molecule has 0 saturated carbocycles. The minimum absolute atomic E-state index is 0.0262. The number of aryl methyl sites for hydroxylation is 1. The van der Waals surface area contributed by atoms with Crippen molar-refractivity contribution in [1.82, 2.24) is 0 Å². The van der Waals surface area contributed by atoms with Gasteiger partial charge in [-0.05, 0) is 139 Å². The number of rotatable bonds is 2. The van der Waals surface area contributed by atoms with E-state index in [4.69, 9.17) is 0 Å². The van der Waals surface area contributed by atoms with E-state index in [1.54, 1.807) is 0 Å². The summed E-state index contributed by atoms with van der Waals surface area (Å²) < 4.78 is 2.75. The highest BCUT2D eigenvalue weighted by atomic mass is 32.1. The van der Waals surface area contributed by atoms with Crippen LogP contribution in [-0.2, 0) is 27.1 Å². The Morgan fingerprint density at radius 1 is 0.565 bits per heavy atom. The molecule has 4 aliphatic rings. The number of hydrogen-bond acceptors (Lipinski definition) is 3. The molecular formula is C58H61BN2S. The highest BCUT2D eigenvalue weighted by Gasteiger charge is 2.50. The molecule has 2 aliphatic carbocycles. The van der Waals surface area contributed by atoms with E-state index in [1.165, 1.54) is 123 Å². The van der Waals surface area contributed by atoms with Crippen molar-refractivity contribution in [3.63, 3.8) is 0 Å². The minimum atomic E-state index is -0.121. The summed E-state index contributed by atoms with van der Waals surface area (Å²) in [5.41, 5.74) is 23.4. The second-order valence-electron chi connectivity index (χ2n) is 22.9. The number of fused-ring (bicyclic) bond motifs is 11. The third-order valence-electron chi connectivity index (χ3n) is 15.5. The van der Waals surface area contributed by atoms with E-state index in [0.29, 0.717) is 0 Å². The molecule has 312 valence electrons. The van der Waals surface area contributed by atoms with Crippen LogP contribution < -0.4 is 20.0 Å². The van der Waals surface area contributed by atoms with Gasteiger partial charge in [-0.2, -0.15) is 0 Å². The maximum atomic E-state index is 2.74. The third kappa shape index (κ3) is 5.47. The molecule has 0 bridgehead atoms. The molecule has 0 spiro atoms. The van der Waals surface area contributed by atoms with Gasteiger partial charge in [-0.3, -0.25) is 0 Å². The number of benzene rings is 6. The van der Waals surface area contributed by atoms with Crippen LogP contribution in [0.25, 0.3) is 32.3 Å². The van der Waals surface area contributed by atoms with Crippen molar-refractivity contribution in [2.24, 2.45) is 0 Å². The molecule has 4 heteroatoms. The SMILES string of the molecule is Cc1cc2c(cc1N1c3cc(C(C)(C)C)cc4c3B(c3sc5ccccc5c31)N(c1ccc(C(C)(C)C)cc1)c1ccc3c(c1-4)-c1ccccc1C3(C)C)C(C)(C)CCC2(C)C. The smallest absolute Gasteiger partial charge is 0.343 e. The van der Waals surface area contributed by atoms with E-state index < -0.39 is 0 Å². The summed E-state index contributed by atoms with van der Waals surface area (Å²) >= 11 is 1.99. The summed E-state index contributed by atoms with van der Waals surface area (Å²) in [4.78, 5) is 5.47. The molecule has 3 heterocycles. The van der Waals surface area contributed by atoms with E-state index in [2.05, 4.69) is 209 Å². The molecular weight excluding hydrogens is 768 g/mol. The van der Waals surface area contributed by atoms with Gasteiger partial charge in [0.1, 0.15) is 0 Å². The van der Waals surface area contributed by atoms with Gasteiger partial charge in [-0.25, -0.2) is 0 Å². The van der Waals surface area contributed by atoms with Crippen molar-refractivity contribution in [3.05, 3.63) is 148 Å². The lowest BCUT2D eigenvalue weighted by Gasteiger charge is -2.47. The fourth-order valence-electron chi connectivity index (χ4n) is 11.7. The normalized spacial score (nSPS) is 17.6. The van der Waals surface area contributed by atoms with Gasteiger partial charge in [-0.15, -0.1) is 11.3 Å². The molecule has 2 aliphatic heterocycles. The molecule has 0 amide bonds. The van der Waals surface area contributed by atoms with Crippen LogP contribution in [0.3, 0.4) is 0 Å². The Morgan fingerprint density at radius 2 is 1.21 bits per heavy atom. The molecule has 0 fully saturated rings. The van der Waals surface area contributed by atoms with Crippen molar-refractivity contribution in [2.45, 2.75) is 130 Å². The van der Waals surface area contributed by atoms with Gasteiger partial charge in [0.05, 0.1) is 5.69 Å². The van der Waals surface area contributed by atoms with Crippen LogP contribution in [0.4, 0.5) is 28.4 Å². The lowest BCUT2D eigenvalue weighted by molar-refractivity contribution is 0.332. The molecule has 0 N–H and O–H groups in total. The number of anilines is 5. The van der Waals surface area contributed by atoms with E-state index in [1.807, 2.05) is 11.3 Å². The van der Waals surface area contributed by atoms with Gasteiger partial charge in [0.25, 0.3) is 0 Å². The van der Waals surface area contributed by atoms with Crippen molar-refractivity contribution in [3.8, 4) is 22.3 Å². The van der Waals surface area contributed by atoms with E-state index in [-0.39, 0.29) is 33.9 Å². The van der Waals surface area contributed by atoms with E-state index in [0.717, 1.165) is 0 Å². The van der Waals surface area contributed by atoms with Gasteiger partial charge in [0.2, 0.25) is 0 Å². The van der Waals surface area contributed by atoms with Crippen LogP contribution in [0.1, 0.15) is 135 Å². The van der Waals surface area contributed by atoms with Gasteiger partial charge >= 0.3 is 6.85 Å². The Labute approximate surface area is 375 Å². The number of hydrogen-bond donors (Lipinski definition) is 0. The lowest BCUT2D eigenvalue weighted by atomic mass is 9.46. The second kappa shape index (κ2) is 12.8. The van der Waals surface area contributed by atoms with E-state index in [9.17, 15) is 0 Å². The Balaban J connectivity index is 1.31. The summed E-state index contributed by atoms with van der Waals surface area (Å²) in [6.45, 7) is 31.2. The summed E-state index contributed by atoms with van der Waals surface area (Å²) in [6, 6.07) is 43.3. The van der Waals surface area contributed by atoms with Crippen molar-refractivity contribution >= 4 is 66.9 Å². The van der Waals surface area contributed by atoms with Crippen LogP contribution in [0.2, 0.25) is 0 Å². The maximum absolute atomic E-state index is 2.74. The van der Waals surface area contributed by atoms with Crippen molar-refractivity contribution in [1.29, 1.82) is 0 Å². The zero-order chi connectivity index (χ0) is 43.6. The Morgan fingerprint density at radius 3 is 1.90 bits per heavy atom. The first-order valence-electron chi connectivity index (χ1n) is 23.0. The van der Waals surface area contributed by atoms with E-state index >= 15 is 0 Å². The fraction of sp³-hybridized carbons (Fsp3) is 0.345. The standard InChI is InChI=1S/C58H61BN2S/c1-34-30-43-44(57(10,11)29-28-56(43,8)9)33-46(34)60-47-32-36(55(5,6)7)31-40-50-45(27-26-42-49(50)38-18-14-16-20-41(38)58(42,12)13)61(37-24-22-35(23-25-37)54(2,3)4)59(51(40)47)53-52(60)39-19-15-17-21-48(39)62-53/h14-27,30-33H,28-29H2,1-13H3. The van der Waals surface area contributed by atoms with Crippen LogP contribution in [0.5, 0.6) is 0 Å². The molecule has 11 rings (SSSR count). The zero-order valence-electron chi connectivity index (χ0n) is 39.2. The zero-order valence-corrected chi connectivity index (χ0v) is 40.0. The summed E-state index contributed by atoms with van der Waals surface area (Å²) in [7, 11) is 0. The Kier molecular flexibility index (Phi) is 8.20. The number of nitrogens with zero attached hydrogens (tertiary/aromatic N) is 2. The van der Waals surface area contributed by atoms with Crippen LogP contribution in [0, 0.1) is 6.92 Å². The van der Waals surface area contributed by atoms with Gasteiger partial charge < -0.3 is 9.71 Å². The molecule has 0 unspecified atom stereocenters. The van der Waals surface area contributed by atoms with Gasteiger partial charge in [0, 0.05) is 48.6 Å². The molecule has 62 heavy (non-hydrogen) atoms. The Bertz CT molecular complexity index is 3040. The van der Waals surface area contributed by atoms with Crippen molar-refractivity contribution < 1.29 is 0 Å². The topological polar surface area (TPSA) is 6.48 Å². The molecule has 2 nitrogen and oxygen atoms in total. The molecule has 1 aromatic heterocycles. The highest BCUT2D eigenvalue weighted by molar-refractivity contribution is 7.32. The predicted octanol–water partition coefficient (Wildman–Crippen LogP) is 15.2. The molecule has 6 aromatic carbocycles. The monoisotopic (exact) mass is 828 g/mol. The number of thiophene rings is 1. The van der Waals surface area contributed by atoms with Gasteiger partial charge in [-0.1, -0.05) is 156 Å². The first kappa shape index (κ1) is 39.8. The lowest BCUT2D eigenvalue weighted by Crippen LogP contribution is -2.60. The third-order valence-corrected chi connectivity index (χ3v) is 16.8. The van der Waals surface area contributed by atoms with Gasteiger partial charge in [0.15, 0.2) is 0 Å². The van der Waals surface area contributed by atoms with Crippen LogP contribution in [-0.4, -0.2) is 6.85 Å². The van der Waals surface area contributed by atoms with Crippen LogP contribution in [0.15, 0.2) is 109 Å². The van der Waals surface area contributed by atoms with Crippen LogP contribution >= 0.6 is 11.3 Å². The average Bonchev–Trinajstić information content (AvgIpc) is 3.71. The maximum Gasteiger partial charge on any atom is 0.343 e. The largest absolute Gasteiger partial charge is 0.376 e. The predicted molar refractivity (Wildman–Crippen MR) is 271 cm³/mol. The fourth-order valence-corrected chi connectivity index (χ4v) is 13.0. The average molecular weight is 829 g/mol. The Hall–Kier alpha value is -5.06. The summed E-state index contributed by atoms with van der Waals surface area (Å²) in [5, 5.41) is 1.33. The molecule has 0 radical (unpaired) electrons. The highest BCUT2D eigenvalue weighted by Crippen LogP contribution is 2.59. The minimum Gasteiger partial charge on any atom is -0.376 e. The first-order chi connectivity index (χ1) is 29.2. The summed E-state index contributed by atoms with van der Waals surface area (Å²) in [5.74, 6) is 0.